The molecule has 1 heterocycles. The molecule has 1 aromatic heterocycles. The number of H-pyrrole nitrogens is 1. The quantitative estimate of drug-likeness (QED) is 0.427. The third-order valence-corrected chi connectivity index (χ3v) is 6.11. The van der Waals surface area contributed by atoms with Gasteiger partial charge in [-0.25, -0.2) is 0 Å². The van der Waals surface area contributed by atoms with E-state index in [-0.39, 0.29) is 11.8 Å². The predicted molar refractivity (Wildman–Crippen MR) is 129 cm³/mol. The summed E-state index contributed by atoms with van der Waals surface area (Å²) >= 11 is 0. The first-order chi connectivity index (χ1) is 16.1. The van der Waals surface area contributed by atoms with Gasteiger partial charge in [0, 0.05) is 5.92 Å². The Morgan fingerprint density at radius 2 is 1.97 bits per heavy atom. The Labute approximate surface area is 195 Å². The average molecular weight is 448 g/mol. The summed E-state index contributed by atoms with van der Waals surface area (Å²) in [5.74, 6) is 2.12. The fourth-order valence-corrected chi connectivity index (χ4v) is 4.21. The number of tetrazole rings is 1. The normalized spacial score (nSPS) is 17.1. The number of hydrogen-bond acceptors (Lipinski definition) is 5. The number of carbonyl (C=O) groups is 1. The second-order valence-corrected chi connectivity index (χ2v) is 8.94. The predicted octanol–water partition coefficient (Wildman–Crippen LogP) is 5.09. The summed E-state index contributed by atoms with van der Waals surface area (Å²) in [4.78, 5) is 13.0. The van der Waals surface area contributed by atoms with Gasteiger partial charge in [-0.15, -0.1) is 10.2 Å². The van der Waals surface area contributed by atoms with Gasteiger partial charge in [-0.05, 0) is 61.3 Å². The number of nitrogens with zero attached hydrogens (tertiary/aromatic N) is 3. The van der Waals surface area contributed by atoms with Gasteiger partial charge < -0.3 is 10.1 Å². The summed E-state index contributed by atoms with van der Waals surface area (Å²) in [7, 11) is 0. The minimum atomic E-state index is -0.0377. The van der Waals surface area contributed by atoms with Crippen molar-refractivity contribution < 1.29 is 9.53 Å². The van der Waals surface area contributed by atoms with Crippen LogP contribution < -0.4 is 10.1 Å². The van der Waals surface area contributed by atoms with Crippen LogP contribution in [0, 0.1) is 6.92 Å². The zero-order valence-electron chi connectivity index (χ0n) is 19.7. The molecule has 4 rings (SSSR count). The fraction of sp³-hybridized carbons (Fsp3) is 0.462. The summed E-state index contributed by atoms with van der Waals surface area (Å²) in [6.07, 6.45) is 5.32. The van der Waals surface area contributed by atoms with Gasteiger partial charge in [-0.1, -0.05) is 61.4 Å². The molecule has 2 atom stereocenters. The minimum absolute atomic E-state index is 0.0377. The highest BCUT2D eigenvalue weighted by Crippen LogP contribution is 2.54. The van der Waals surface area contributed by atoms with E-state index in [4.69, 9.17) is 4.74 Å². The highest BCUT2D eigenvalue weighted by atomic mass is 16.5. The maximum atomic E-state index is 13.0. The Balaban J connectivity index is 1.61. The number of nitrogens with one attached hydrogen (secondary N) is 2. The number of aromatic amines is 1. The van der Waals surface area contributed by atoms with Crippen LogP contribution in [-0.2, 0) is 17.6 Å². The van der Waals surface area contributed by atoms with Gasteiger partial charge in [-0.2, -0.15) is 5.21 Å². The summed E-state index contributed by atoms with van der Waals surface area (Å²) in [6, 6.07) is 12.4. The first-order valence-electron chi connectivity index (χ1n) is 12.0. The number of carbonyl (C=O) groups excluding carboxylic acids is 1. The Bertz CT molecular complexity index is 1060. The largest absolute Gasteiger partial charge is 0.491 e. The molecule has 7 nitrogen and oxygen atoms in total. The van der Waals surface area contributed by atoms with Crippen LogP contribution in [0.25, 0.3) is 0 Å². The third-order valence-electron chi connectivity index (χ3n) is 6.11. The average Bonchev–Trinajstić information content (AvgIpc) is 3.42. The number of amides is 1. The molecule has 1 fully saturated rings. The van der Waals surface area contributed by atoms with Gasteiger partial charge >= 0.3 is 0 Å². The third kappa shape index (κ3) is 5.78. The fourth-order valence-electron chi connectivity index (χ4n) is 4.21. The molecule has 0 spiro atoms. The second kappa shape index (κ2) is 10.6. The molecular formula is C26H33N5O2. The zero-order chi connectivity index (χ0) is 23.2. The van der Waals surface area contributed by atoms with Crippen LogP contribution in [0.1, 0.15) is 79.4 Å². The SMILES string of the molecule is CCCCc1cc([C@@H]2C[C@@H]2c2nn[nH]n2)cc(NC(=O)Cc2ccc(C)cc2)c1OCCC. The standard InChI is InChI=1S/C26H33N5O2/c1-4-6-7-19-14-20(21-16-22(21)26-28-30-31-29-26)15-23(25(19)33-12-5-2)27-24(32)13-18-10-8-17(3)9-11-18/h8-11,14-15,21-22H,4-7,12-13,16H2,1-3H3,(H,27,32)(H,28,29,30,31)/t21-,22-/m0/s1. The molecule has 0 saturated heterocycles. The van der Waals surface area contributed by atoms with Crippen LogP contribution in [-0.4, -0.2) is 33.1 Å². The van der Waals surface area contributed by atoms with Gasteiger partial charge in [-0.3, -0.25) is 4.79 Å². The number of hydrogen-bond donors (Lipinski definition) is 2. The molecule has 1 aliphatic rings. The topological polar surface area (TPSA) is 92.8 Å². The van der Waals surface area contributed by atoms with E-state index in [1.807, 2.05) is 31.2 Å². The van der Waals surface area contributed by atoms with Gasteiger partial charge in [0.1, 0.15) is 5.75 Å². The van der Waals surface area contributed by atoms with Crippen molar-refractivity contribution >= 4 is 11.6 Å². The van der Waals surface area contributed by atoms with Crippen LogP contribution in [0.15, 0.2) is 36.4 Å². The van der Waals surface area contributed by atoms with Crippen molar-refractivity contribution in [2.75, 3.05) is 11.9 Å². The second-order valence-electron chi connectivity index (χ2n) is 8.94. The molecule has 2 aromatic carbocycles. The zero-order valence-corrected chi connectivity index (χ0v) is 19.7. The number of benzene rings is 2. The molecule has 7 heteroatoms. The molecule has 1 amide bonds. The smallest absolute Gasteiger partial charge is 0.228 e. The Hall–Kier alpha value is -3.22. The number of aromatic nitrogens is 4. The van der Waals surface area contributed by atoms with Gasteiger partial charge in [0.15, 0.2) is 5.82 Å². The van der Waals surface area contributed by atoms with E-state index >= 15 is 0 Å². The molecule has 0 aliphatic heterocycles. The first-order valence-corrected chi connectivity index (χ1v) is 12.0. The highest BCUT2D eigenvalue weighted by molar-refractivity contribution is 5.94. The molecule has 0 radical (unpaired) electrons. The molecular weight excluding hydrogens is 414 g/mol. The van der Waals surface area contributed by atoms with Crippen LogP contribution in [0.2, 0.25) is 0 Å². The lowest BCUT2D eigenvalue weighted by atomic mass is 9.99. The Morgan fingerprint density at radius 1 is 1.15 bits per heavy atom. The van der Waals surface area contributed by atoms with Crippen LogP contribution in [0.4, 0.5) is 5.69 Å². The molecule has 174 valence electrons. The van der Waals surface area contributed by atoms with Gasteiger partial charge in [0.2, 0.25) is 5.91 Å². The molecule has 1 aliphatic carbocycles. The Kier molecular flexibility index (Phi) is 7.37. The van der Waals surface area contributed by atoms with Crippen molar-refractivity contribution in [3.05, 3.63) is 64.5 Å². The van der Waals surface area contributed by atoms with Crippen LogP contribution >= 0.6 is 0 Å². The van der Waals surface area contributed by atoms with Crippen molar-refractivity contribution in [3.63, 3.8) is 0 Å². The molecule has 1 saturated carbocycles. The van der Waals surface area contributed by atoms with Crippen molar-refractivity contribution in [1.82, 2.24) is 20.6 Å². The molecule has 2 N–H and O–H groups in total. The van der Waals surface area contributed by atoms with Crippen molar-refractivity contribution in [3.8, 4) is 5.75 Å². The summed E-state index contributed by atoms with van der Waals surface area (Å²) in [5.41, 5.74) is 5.31. The molecule has 0 bridgehead atoms. The number of aryl methyl sites for hydroxylation is 2. The van der Waals surface area contributed by atoms with E-state index in [2.05, 4.69) is 51.9 Å². The van der Waals surface area contributed by atoms with E-state index in [0.717, 1.165) is 60.5 Å². The molecule has 0 unspecified atom stereocenters. The number of anilines is 1. The summed E-state index contributed by atoms with van der Waals surface area (Å²) in [5, 5.41) is 17.7. The van der Waals surface area contributed by atoms with E-state index in [0.29, 0.717) is 18.9 Å². The monoisotopic (exact) mass is 447 g/mol. The summed E-state index contributed by atoms with van der Waals surface area (Å²) < 4.78 is 6.18. The maximum Gasteiger partial charge on any atom is 0.228 e. The van der Waals surface area contributed by atoms with E-state index in [1.165, 1.54) is 11.1 Å². The van der Waals surface area contributed by atoms with Crippen molar-refractivity contribution in [2.24, 2.45) is 0 Å². The van der Waals surface area contributed by atoms with Crippen LogP contribution in [0.5, 0.6) is 5.75 Å². The van der Waals surface area contributed by atoms with E-state index < -0.39 is 0 Å². The number of unbranched alkanes of at least 4 members (excludes halogenated alkanes) is 1. The first kappa shape index (κ1) is 23.0. The summed E-state index contributed by atoms with van der Waals surface area (Å²) in [6.45, 7) is 6.95. The number of rotatable bonds is 11. The van der Waals surface area contributed by atoms with Crippen molar-refractivity contribution in [1.29, 1.82) is 0 Å². The van der Waals surface area contributed by atoms with E-state index in [9.17, 15) is 4.79 Å². The number of ether oxygens (including phenoxy) is 1. The van der Waals surface area contributed by atoms with Crippen LogP contribution in [0.3, 0.4) is 0 Å². The van der Waals surface area contributed by atoms with Crippen molar-refractivity contribution in [2.45, 2.75) is 71.1 Å². The van der Waals surface area contributed by atoms with Gasteiger partial charge in [0.25, 0.3) is 0 Å². The molecule has 33 heavy (non-hydrogen) atoms. The molecule has 3 aromatic rings. The Morgan fingerprint density at radius 3 is 2.67 bits per heavy atom. The highest BCUT2D eigenvalue weighted by Gasteiger charge is 2.43. The van der Waals surface area contributed by atoms with Gasteiger partial charge in [0.05, 0.1) is 18.7 Å². The minimum Gasteiger partial charge on any atom is -0.491 e. The lowest BCUT2D eigenvalue weighted by molar-refractivity contribution is -0.115. The maximum absolute atomic E-state index is 13.0. The lowest BCUT2D eigenvalue weighted by Crippen LogP contribution is -2.16. The lowest BCUT2D eigenvalue weighted by Gasteiger charge is -2.19. The van der Waals surface area contributed by atoms with E-state index in [1.54, 1.807) is 0 Å².